The van der Waals surface area contributed by atoms with Gasteiger partial charge >= 0.3 is 17.9 Å². The van der Waals surface area contributed by atoms with E-state index in [9.17, 15) is 57.7 Å². The number of para-hydroxylation sites is 2. The average molecular weight is 993 g/mol. The Labute approximate surface area is 406 Å². The monoisotopic (exact) mass is 992 g/mol. The van der Waals surface area contributed by atoms with Gasteiger partial charge in [-0.3, -0.25) is 63.0 Å². The summed E-state index contributed by atoms with van der Waals surface area (Å²) >= 11 is 0. The maximum absolute atomic E-state index is 14.7. The number of nitrogens with one attached hydrogen (secondary N) is 1. The van der Waals surface area contributed by atoms with E-state index in [1.54, 1.807) is 62.1 Å². The number of fused-ring (bicyclic) bond motifs is 2. The van der Waals surface area contributed by atoms with Crippen LogP contribution in [0.5, 0.6) is 5.75 Å². The van der Waals surface area contributed by atoms with Gasteiger partial charge in [0.05, 0.1) is 57.0 Å². The highest BCUT2D eigenvalue weighted by Crippen LogP contribution is 2.34. The molecule has 2 aromatic carbocycles. The molecule has 71 heavy (non-hydrogen) atoms. The SMILES string of the molecule is O=C(O)CN1CCN(CC(=O)O)CCN(CC(=O)N2CCN(CCCOc3ccc4nccc(C(=O)NCC(=O)N5CC(F)(F)C[C@H]5C(=O)c5nc6ccccc6o5)c4c3)CC2)CCN(CC(=O)O)CC1. The molecule has 4 aromatic rings. The van der Waals surface area contributed by atoms with Crippen LogP contribution in [0.1, 0.15) is 33.9 Å². The van der Waals surface area contributed by atoms with E-state index in [4.69, 9.17) is 9.15 Å². The number of ketones is 1. The zero-order valence-corrected chi connectivity index (χ0v) is 39.1. The number of piperazine rings is 1. The van der Waals surface area contributed by atoms with E-state index in [1.807, 2.05) is 4.90 Å². The number of ether oxygens (including phenoxy) is 1. The number of carbonyl (C=O) groups is 7. The van der Waals surface area contributed by atoms with E-state index in [1.165, 1.54) is 12.3 Å². The van der Waals surface area contributed by atoms with E-state index in [2.05, 4.69) is 20.2 Å². The van der Waals surface area contributed by atoms with Gasteiger partial charge < -0.3 is 39.6 Å². The second-order valence-electron chi connectivity index (χ2n) is 17.9. The molecule has 0 spiro atoms. The van der Waals surface area contributed by atoms with Crippen LogP contribution in [0.3, 0.4) is 0 Å². The van der Waals surface area contributed by atoms with Gasteiger partial charge in [-0.25, -0.2) is 13.8 Å². The molecule has 3 aliphatic heterocycles. The van der Waals surface area contributed by atoms with Crippen molar-refractivity contribution in [1.82, 2.24) is 49.6 Å². The van der Waals surface area contributed by atoms with Crippen molar-refractivity contribution < 1.29 is 66.8 Å². The number of carboxylic acid groups (broad SMARTS) is 3. The Bertz CT molecular complexity index is 2510. The molecule has 0 unspecified atom stereocenters. The molecule has 3 amide bonds. The van der Waals surface area contributed by atoms with Crippen molar-refractivity contribution in [2.75, 3.05) is 131 Å². The standard InChI is InChI=1S/C47H58F2N10O12/c48-47(49)25-37(44(68)46-52-36-4-1-2-5-38(36)71-46)59(31-47)39(60)26-51-45(69)33-8-9-50-35-7-6-32(24-34(33)35)70-23-3-10-53-19-21-58(22-20-53)40(61)27-54-11-13-55(28-41(62)63)15-17-57(30-43(66)67)18-16-56(14-12-54)29-42(64)65/h1-2,4-9,24,37H,3,10-23,25-31H2,(H,51,69)(H,62,63)(H,64,65)(H,66,67)/t37-/m0/s1. The molecule has 382 valence electrons. The summed E-state index contributed by atoms with van der Waals surface area (Å²) in [5.74, 6) is -8.86. The van der Waals surface area contributed by atoms with Gasteiger partial charge in [-0.05, 0) is 42.8 Å². The zero-order valence-electron chi connectivity index (χ0n) is 39.1. The minimum Gasteiger partial charge on any atom is -0.494 e. The van der Waals surface area contributed by atoms with Gasteiger partial charge in [0, 0.05) is 103 Å². The van der Waals surface area contributed by atoms with Crippen LogP contribution in [0.15, 0.2) is 59.1 Å². The fraction of sp³-hybridized carbons (Fsp3) is 0.511. The first kappa shape index (κ1) is 52.1. The van der Waals surface area contributed by atoms with Crippen LogP contribution in [-0.4, -0.2) is 244 Å². The normalized spacial score (nSPS) is 19.3. The second-order valence-corrected chi connectivity index (χ2v) is 17.9. The van der Waals surface area contributed by atoms with Gasteiger partial charge in [0.1, 0.15) is 17.3 Å². The number of nitrogens with zero attached hydrogens (tertiary/aromatic N) is 9. The number of aliphatic carboxylic acids is 3. The Kier molecular flexibility index (Phi) is 17.6. The number of amides is 3. The third-order valence-corrected chi connectivity index (χ3v) is 12.7. The second kappa shape index (κ2) is 23.9. The summed E-state index contributed by atoms with van der Waals surface area (Å²) < 4.78 is 40.9. The van der Waals surface area contributed by atoms with Crippen molar-refractivity contribution >= 4 is 63.4 Å². The van der Waals surface area contributed by atoms with E-state index in [0.29, 0.717) is 99.7 Å². The molecule has 7 rings (SSSR count). The number of hydrogen-bond acceptors (Lipinski definition) is 16. The number of Topliss-reactive ketones (excluding diaryl/α,β-unsaturated/α-hetero) is 1. The number of oxazole rings is 1. The Balaban J connectivity index is 0.870. The molecule has 3 saturated heterocycles. The minimum absolute atomic E-state index is 0.0650. The third kappa shape index (κ3) is 14.7. The highest BCUT2D eigenvalue weighted by atomic mass is 19.3. The van der Waals surface area contributed by atoms with Crippen molar-refractivity contribution in [3.63, 3.8) is 0 Å². The number of aromatic nitrogens is 2. The average Bonchev–Trinajstić information content (AvgIpc) is 3.92. The predicted octanol–water partition coefficient (Wildman–Crippen LogP) is 0.613. The van der Waals surface area contributed by atoms with E-state index >= 15 is 0 Å². The molecule has 0 radical (unpaired) electrons. The number of rotatable bonds is 18. The molecule has 3 aliphatic rings. The first-order chi connectivity index (χ1) is 34.0. The molecule has 5 heterocycles. The molecule has 22 nitrogen and oxygen atoms in total. The number of carbonyl (C=O) groups excluding carboxylic acids is 4. The lowest BCUT2D eigenvalue weighted by Crippen LogP contribution is -2.53. The lowest BCUT2D eigenvalue weighted by atomic mass is 10.1. The number of carboxylic acids is 3. The first-order valence-corrected chi connectivity index (χ1v) is 23.4. The molecule has 0 bridgehead atoms. The van der Waals surface area contributed by atoms with Gasteiger partial charge in [0.15, 0.2) is 5.58 Å². The van der Waals surface area contributed by atoms with Gasteiger partial charge in [-0.15, -0.1) is 0 Å². The third-order valence-electron chi connectivity index (χ3n) is 12.7. The molecule has 3 fully saturated rings. The van der Waals surface area contributed by atoms with Crippen molar-refractivity contribution in [2.24, 2.45) is 0 Å². The zero-order chi connectivity index (χ0) is 50.7. The molecule has 0 aliphatic carbocycles. The summed E-state index contributed by atoms with van der Waals surface area (Å²) in [5.41, 5.74) is 1.30. The van der Waals surface area contributed by atoms with Crippen molar-refractivity contribution in [3.05, 3.63) is 66.2 Å². The summed E-state index contributed by atoms with van der Waals surface area (Å²) in [6.07, 6.45) is 1.15. The minimum atomic E-state index is -3.34. The highest BCUT2D eigenvalue weighted by molar-refractivity contribution is 6.07. The molecular formula is C47H58F2N10O12. The van der Waals surface area contributed by atoms with Crippen LogP contribution < -0.4 is 10.1 Å². The van der Waals surface area contributed by atoms with Crippen LogP contribution in [0.2, 0.25) is 0 Å². The number of halogens is 2. The lowest BCUT2D eigenvalue weighted by Gasteiger charge is -2.37. The fourth-order valence-electron chi connectivity index (χ4n) is 8.97. The Morgan fingerprint density at radius 2 is 1.28 bits per heavy atom. The number of likely N-dealkylation sites (tertiary alicyclic amines) is 1. The maximum atomic E-state index is 14.7. The molecule has 1 atom stereocenters. The summed E-state index contributed by atoms with van der Waals surface area (Å²) in [4.78, 5) is 109. The van der Waals surface area contributed by atoms with Gasteiger partial charge in [0.2, 0.25) is 17.6 Å². The predicted molar refractivity (Wildman–Crippen MR) is 249 cm³/mol. The van der Waals surface area contributed by atoms with E-state index in [0.717, 1.165) is 4.90 Å². The van der Waals surface area contributed by atoms with Crippen LogP contribution in [0.4, 0.5) is 8.78 Å². The van der Waals surface area contributed by atoms with Gasteiger partial charge in [0.25, 0.3) is 17.7 Å². The fourth-order valence-corrected chi connectivity index (χ4v) is 8.97. The van der Waals surface area contributed by atoms with Crippen molar-refractivity contribution in [1.29, 1.82) is 0 Å². The largest absolute Gasteiger partial charge is 0.494 e. The Morgan fingerprint density at radius 1 is 0.704 bits per heavy atom. The van der Waals surface area contributed by atoms with Crippen LogP contribution in [0.25, 0.3) is 22.0 Å². The topological polar surface area (TPSA) is 263 Å². The van der Waals surface area contributed by atoms with Gasteiger partial charge in [-0.2, -0.15) is 0 Å². The summed E-state index contributed by atoms with van der Waals surface area (Å²) in [6.45, 7) is 3.30. The summed E-state index contributed by atoms with van der Waals surface area (Å²) in [6, 6.07) is 11.5. The van der Waals surface area contributed by atoms with E-state index in [-0.39, 0.29) is 69.7 Å². The molecule has 4 N–H and O–H groups in total. The van der Waals surface area contributed by atoms with Crippen LogP contribution in [-0.2, 0) is 24.0 Å². The lowest BCUT2D eigenvalue weighted by molar-refractivity contribution is -0.141. The molecular weight excluding hydrogens is 935 g/mol. The molecule has 2 aromatic heterocycles. The summed E-state index contributed by atoms with van der Waals surface area (Å²) in [5, 5.41) is 31.4. The van der Waals surface area contributed by atoms with Crippen LogP contribution in [0, 0.1) is 0 Å². The number of pyridine rings is 1. The number of hydrogen-bond donors (Lipinski definition) is 4. The smallest absolute Gasteiger partial charge is 0.317 e. The highest BCUT2D eigenvalue weighted by Gasteiger charge is 2.51. The Morgan fingerprint density at radius 3 is 1.87 bits per heavy atom. The van der Waals surface area contributed by atoms with Gasteiger partial charge in [-0.1, -0.05) is 12.1 Å². The summed E-state index contributed by atoms with van der Waals surface area (Å²) in [7, 11) is 0. The quantitative estimate of drug-likeness (QED) is 0.0786. The maximum Gasteiger partial charge on any atom is 0.317 e. The van der Waals surface area contributed by atoms with Crippen molar-refractivity contribution in [2.45, 2.75) is 24.8 Å². The molecule has 24 heteroatoms. The Hall–Kier alpha value is -6.73. The number of alkyl halides is 2. The molecule has 0 saturated carbocycles. The van der Waals surface area contributed by atoms with Crippen LogP contribution >= 0.6 is 0 Å². The van der Waals surface area contributed by atoms with E-state index < -0.39 is 67.0 Å². The van der Waals surface area contributed by atoms with Crippen molar-refractivity contribution in [3.8, 4) is 5.75 Å². The first-order valence-electron chi connectivity index (χ1n) is 23.4. The number of benzene rings is 2.